The van der Waals surface area contributed by atoms with Gasteiger partial charge in [-0.15, -0.1) is 13.2 Å². The van der Waals surface area contributed by atoms with E-state index in [0.29, 0.717) is 16.7 Å². The van der Waals surface area contributed by atoms with Crippen LogP contribution < -0.4 is 10.5 Å². The predicted octanol–water partition coefficient (Wildman–Crippen LogP) is 4.28. The Morgan fingerprint density at radius 2 is 1.80 bits per heavy atom. The van der Waals surface area contributed by atoms with Crippen molar-refractivity contribution in [1.29, 1.82) is 0 Å². The highest BCUT2D eigenvalue weighted by Crippen LogP contribution is 2.31. The average Bonchev–Trinajstić information content (AvgIpc) is 2.32. The fraction of sp³-hybridized carbons (Fsp3) is 0.143. The van der Waals surface area contributed by atoms with Crippen LogP contribution in [0.5, 0.6) is 5.75 Å². The molecule has 6 heteroatoms. The summed E-state index contributed by atoms with van der Waals surface area (Å²) in [6.45, 7) is 1.65. The maximum atomic E-state index is 13.3. The number of halogens is 4. The molecule has 0 saturated heterocycles. The number of aryl methyl sites for hydroxylation is 1. The second kappa shape index (κ2) is 5.03. The molecule has 2 aromatic rings. The van der Waals surface area contributed by atoms with Gasteiger partial charge in [0.05, 0.1) is 5.69 Å². The van der Waals surface area contributed by atoms with Crippen LogP contribution in [-0.4, -0.2) is 6.36 Å². The molecule has 2 nitrogen and oxygen atoms in total. The SMILES string of the molecule is Cc1cc(F)c(N)cc1-c1cccc(OC(F)(F)F)c1. The van der Waals surface area contributed by atoms with Crippen LogP contribution in [0.3, 0.4) is 0 Å². The molecule has 0 aliphatic carbocycles. The quantitative estimate of drug-likeness (QED) is 0.660. The number of hydrogen-bond acceptors (Lipinski definition) is 2. The van der Waals surface area contributed by atoms with Gasteiger partial charge < -0.3 is 10.5 Å². The average molecular weight is 285 g/mol. The summed E-state index contributed by atoms with van der Waals surface area (Å²) in [5.74, 6) is -0.897. The number of benzene rings is 2. The third-order valence-electron chi connectivity index (χ3n) is 2.72. The number of anilines is 1. The summed E-state index contributed by atoms with van der Waals surface area (Å²) < 4.78 is 53.7. The third kappa shape index (κ3) is 3.20. The molecule has 0 bridgehead atoms. The van der Waals surface area contributed by atoms with Gasteiger partial charge in [-0.3, -0.25) is 0 Å². The van der Waals surface area contributed by atoms with E-state index in [1.54, 1.807) is 13.0 Å². The molecule has 0 saturated carbocycles. The van der Waals surface area contributed by atoms with Gasteiger partial charge in [-0.2, -0.15) is 0 Å². The Hall–Kier alpha value is -2.24. The van der Waals surface area contributed by atoms with Crippen LogP contribution in [0.15, 0.2) is 36.4 Å². The Balaban J connectivity index is 2.44. The summed E-state index contributed by atoms with van der Waals surface area (Å²) in [4.78, 5) is 0. The number of nitrogen functional groups attached to an aromatic ring is 1. The maximum absolute atomic E-state index is 13.3. The van der Waals surface area contributed by atoms with Gasteiger partial charge in [0.25, 0.3) is 0 Å². The number of rotatable bonds is 2. The van der Waals surface area contributed by atoms with Gasteiger partial charge in [-0.1, -0.05) is 12.1 Å². The van der Waals surface area contributed by atoms with E-state index in [4.69, 9.17) is 5.73 Å². The van der Waals surface area contributed by atoms with Crippen LogP contribution in [-0.2, 0) is 0 Å². The first-order chi connectivity index (χ1) is 9.26. The smallest absolute Gasteiger partial charge is 0.406 e. The molecule has 0 spiro atoms. The number of nitrogens with two attached hydrogens (primary N) is 1. The Labute approximate surface area is 112 Å². The van der Waals surface area contributed by atoms with E-state index >= 15 is 0 Å². The van der Waals surface area contributed by atoms with Gasteiger partial charge in [0.2, 0.25) is 0 Å². The molecular formula is C14H11F4NO. The van der Waals surface area contributed by atoms with Gasteiger partial charge in [0.1, 0.15) is 11.6 Å². The van der Waals surface area contributed by atoms with Crippen molar-refractivity contribution in [3.63, 3.8) is 0 Å². The van der Waals surface area contributed by atoms with E-state index in [-0.39, 0.29) is 11.4 Å². The van der Waals surface area contributed by atoms with Crippen molar-refractivity contribution in [3.8, 4) is 16.9 Å². The van der Waals surface area contributed by atoms with Crippen molar-refractivity contribution < 1.29 is 22.3 Å². The lowest BCUT2D eigenvalue weighted by Crippen LogP contribution is -2.17. The van der Waals surface area contributed by atoms with Crippen LogP contribution in [0.2, 0.25) is 0 Å². The second-order valence-corrected chi connectivity index (χ2v) is 4.26. The van der Waals surface area contributed by atoms with E-state index in [9.17, 15) is 17.6 Å². The van der Waals surface area contributed by atoms with Gasteiger partial charge >= 0.3 is 6.36 Å². The molecular weight excluding hydrogens is 274 g/mol. The molecule has 106 valence electrons. The van der Waals surface area contributed by atoms with Crippen molar-refractivity contribution in [3.05, 3.63) is 47.8 Å². The molecule has 0 aromatic heterocycles. The lowest BCUT2D eigenvalue weighted by Gasteiger charge is -2.12. The summed E-state index contributed by atoms with van der Waals surface area (Å²) in [5.41, 5.74) is 7.01. The van der Waals surface area contributed by atoms with Crippen LogP contribution in [0.1, 0.15) is 5.56 Å². The van der Waals surface area contributed by atoms with Gasteiger partial charge in [-0.05, 0) is 47.9 Å². The van der Waals surface area contributed by atoms with Crippen molar-refractivity contribution >= 4 is 5.69 Å². The van der Waals surface area contributed by atoms with Gasteiger partial charge in [-0.25, -0.2) is 4.39 Å². The molecule has 0 aliphatic heterocycles. The third-order valence-corrected chi connectivity index (χ3v) is 2.72. The molecule has 20 heavy (non-hydrogen) atoms. The summed E-state index contributed by atoms with van der Waals surface area (Å²) >= 11 is 0. The molecule has 0 aliphatic rings. The van der Waals surface area contributed by atoms with E-state index in [1.165, 1.54) is 30.3 Å². The molecule has 0 amide bonds. The van der Waals surface area contributed by atoms with Crippen LogP contribution >= 0.6 is 0 Å². The number of hydrogen-bond donors (Lipinski definition) is 1. The zero-order chi connectivity index (χ0) is 14.9. The molecule has 0 heterocycles. The van der Waals surface area contributed by atoms with Crippen molar-refractivity contribution in [1.82, 2.24) is 0 Å². The minimum atomic E-state index is -4.75. The second-order valence-electron chi connectivity index (χ2n) is 4.26. The first-order valence-electron chi connectivity index (χ1n) is 5.68. The largest absolute Gasteiger partial charge is 0.573 e. The Morgan fingerprint density at radius 3 is 2.45 bits per heavy atom. The zero-order valence-electron chi connectivity index (χ0n) is 10.5. The summed E-state index contributed by atoms with van der Waals surface area (Å²) in [5, 5.41) is 0. The van der Waals surface area contributed by atoms with Crippen LogP contribution in [0.25, 0.3) is 11.1 Å². The lowest BCUT2D eigenvalue weighted by molar-refractivity contribution is -0.274. The first kappa shape index (κ1) is 14.2. The fourth-order valence-electron chi connectivity index (χ4n) is 1.86. The molecule has 0 fully saturated rings. The van der Waals surface area contributed by atoms with Crippen molar-refractivity contribution in [2.45, 2.75) is 13.3 Å². The highest BCUT2D eigenvalue weighted by atomic mass is 19.4. The van der Waals surface area contributed by atoms with Gasteiger partial charge in [0.15, 0.2) is 0 Å². The Kier molecular flexibility index (Phi) is 3.57. The van der Waals surface area contributed by atoms with Gasteiger partial charge in [0, 0.05) is 0 Å². The molecule has 2 N–H and O–H groups in total. The zero-order valence-corrected chi connectivity index (χ0v) is 10.5. The topological polar surface area (TPSA) is 35.2 Å². The maximum Gasteiger partial charge on any atom is 0.573 e. The Bertz CT molecular complexity index is 638. The van der Waals surface area contributed by atoms with Crippen LogP contribution in [0, 0.1) is 12.7 Å². The van der Waals surface area contributed by atoms with Crippen LogP contribution in [0.4, 0.5) is 23.2 Å². The minimum absolute atomic E-state index is 0.0623. The molecule has 2 rings (SSSR count). The molecule has 0 atom stereocenters. The Morgan fingerprint density at radius 1 is 1.10 bits per heavy atom. The monoisotopic (exact) mass is 285 g/mol. The molecule has 0 radical (unpaired) electrons. The summed E-state index contributed by atoms with van der Waals surface area (Å²) in [6.07, 6.45) is -4.75. The van der Waals surface area contributed by atoms with E-state index in [1.807, 2.05) is 0 Å². The van der Waals surface area contributed by atoms with Crippen molar-refractivity contribution in [2.75, 3.05) is 5.73 Å². The highest BCUT2D eigenvalue weighted by Gasteiger charge is 2.31. The highest BCUT2D eigenvalue weighted by molar-refractivity contribution is 5.72. The molecule has 2 aromatic carbocycles. The first-order valence-corrected chi connectivity index (χ1v) is 5.68. The van der Waals surface area contributed by atoms with E-state index < -0.39 is 12.2 Å². The standard InChI is InChI=1S/C14H11F4NO/c1-8-5-12(15)13(19)7-11(8)9-3-2-4-10(6-9)20-14(16,17)18/h2-7H,19H2,1H3. The lowest BCUT2D eigenvalue weighted by atomic mass is 9.99. The summed E-state index contributed by atoms with van der Waals surface area (Å²) in [7, 11) is 0. The number of ether oxygens (including phenoxy) is 1. The molecule has 0 unspecified atom stereocenters. The van der Waals surface area contributed by atoms with E-state index in [0.717, 1.165) is 0 Å². The van der Waals surface area contributed by atoms with E-state index in [2.05, 4.69) is 4.74 Å². The normalized spacial score (nSPS) is 11.4. The minimum Gasteiger partial charge on any atom is -0.406 e. The number of alkyl halides is 3. The predicted molar refractivity (Wildman–Crippen MR) is 67.7 cm³/mol. The fourth-order valence-corrected chi connectivity index (χ4v) is 1.86. The van der Waals surface area contributed by atoms with Crippen molar-refractivity contribution in [2.24, 2.45) is 0 Å². The summed E-state index contributed by atoms with van der Waals surface area (Å²) in [6, 6.07) is 8.07.